The van der Waals surface area contributed by atoms with Crippen LogP contribution in [0, 0.1) is 12.3 Å². The third-order valence-corrected chi connectivity index (χ3v) is 4.45. The molecule has 0 unspecified atom stereocenters. The van der Waals surface area contributed by atoms with E-state index >= 15 is 0 Å². The van der Waals surface area contributed by atoms with Crippen molar-refractivity contribution in [1.82, 2.24) is 9.80 Å². The van der Waals surface area contributed by atoms with Crippen LogP contribution < -0.4 is 9.47 Å². The number of carbonyl (C=O) groups excluding carboxylic acids is 1. The zero-order chi connectivity index (χ0) is 17.1. The van der Waals surface area contributed by atoms with Gasteiger partial charge in [-0.15, -0.1) is 6.42 Å². The summed E-state index contributed by atoms with van der Waals surface area (Å²) in [5.74, 6) is 3.29. The lowest BCUT2D eigenvalue weighted by molar-refractivity contribution is -0.121. The fourth-order valence-electron chi connectivity index (χ4n) is 2.12. The number of likely N-dealkylation sites (N-methyl/N-ethyl adjacent to an activating group) is 2. The van der Waals surface area contributed by atoms with Crippen molar-refractivity contribution < 1.29 is 14.3 Å². The Hall–Kier alpha value is -2.04. The molecule has 0 aromatic heterocycles. The predicted octanol–water partition coefficient (Wildman–Crippen LogP) is 2.50. The second kappa shape index (κ2) is 7.02. The zero-order valence-corrected chi connectivity index (χ0v) is 15.3. The van der Waals surface area contributed by atoms with E-state index in [1.807, 2.05) is 6.07 Å². The molecule has 1 heterocycles. The largest absolute Gasteiger partial charge is 0.493 e. The molecule has 1 amide bonds. The minimum atomic E-state index is -0.153. The van der Waals surface area contributed by atoms with E-state index in [4.69, 9.17) is 28.1 Å². The molecule has 0 bridgehead atoms. The fourth-order valence-corrected chi connectivity index (χ4v) is 2.88. The normalized spacial score (nSPS) is 16.0. The lowest BCUT2D eigenvalue weighted by Gasteiger charge is -2.13. The maximum atomic E-state index is 12.2. The molecule has 7 heteroatoms. The number of methoxy groups -OCH3 is 1. The van der Waals surface area contributed by atoms with Crippen LogP contribution >= 0.6 is 28.1 Å². The van der Waals surface area contributed by atoms with Crippen LogP contribution in [0.4, 0.5) is 0 Å². The predicted molar refractivity (Wildman–Crippen MR) is 96.1 cm³/mol. The van der Waals surface area contributed by atoms with Gasteiger partial charge in [0.05, 0.1) is 11.6 Å². The van der Waals surface area contributed by atoms with Crippen molar-refractivity contribution in [2.45, 2.75) is 0 Å². The van der Waals surface area contributed by atoms with Crippen molar-refractivity contribution >= 4 is 45.2 Å². The number of carbonyl (C=O) groups is 1. The molecule has 0 radical (unpaired) electrons. The molecule has 1 aromatic rings. The number of hydrogen-bond acceptors (Lipinski definition) is 4. The number of nitrogens with zero attached hydrogens (tertiary/aromatic N) is 2. The highest BCUT2D eigenvalue weighted by Crippen LogP contribution is 2.37. The maximum absolute atomic E-state index is 12.2. The Morgan fingerprint density at radius 3 is 2.61 bits per heavy atom. The van der Waals surface area contributed by atoms with E-state index in [9.17, 15) is 4.79 Å². The van der Waals surface area contributed by atoms with Crippen LogP contribution in [0.3, 0.4) is 0 Å². The van der Waals surface area contributed by atoms with Gasteiger partial charge in [0.25, 0.3) is 5.91 Å². The summed E-state index contributed by atoms with van der Waals surface area (Å²) in [7, 11) is 4.94. The van der Waals surface area contributed by atoms with Crippen LogP contribution in [0.1, 0.15) is 5.56 Å². The molecule has 1 aliphatic rings. The quantitative estimate of drug-likeness (QED) is 0.445. The number of hydrogen-bond donors (Lipinski definition) is 0. The Bertz CT molecular complexity index is 740. The highest BCUT2D eigenvalue weighted by atomic mass is 79.9. The van der Waals surface area contributed by atoms with Gasteiger partial charge in [-0.25, -0.2) is 0 Å². The van der Waals surface area contributed by atoms with Crippen molar-refractivity contribution in [3.8, 4) is 23.8 Å². The minimum Gasteiger partial charge on any atom is -0.493 e. The van der Waals surface area contributed by atoms with Crippen molar-refractivity contribution in [3.05, 3.63) is 27.9 Å². The Labute approximate surface area is 149 Å². The topological polar surface area (TPSA) is 42.0 Å². The van der Waals surface area contributed by atoms with E-state index in [0.29, 0.717) is 26.8 Å². The molecule has 120 valence electrons. The maximum Gasteiger partial charge on any atom is 0.276 e. The number of thiocarbonyl (C=S) groups is 1. The van der Waals surface area contributed by atoms with Crippen LogP contribution in [0.5, 0.6) is 11.5 Å². The molecule has 0 spiro atoms. The molecule has 1 aromatic carbocycles. The second-order valence-electron chi connectivity index (χ2n) is 4.76. The fraction of sp³-hybridized carbons (Fsp3) is 0.250. The van der Waals surface area contributed by atoms with E-state index < -0.39 is 0 Å². The van der Waals surface area contributed by atoms with Crippen LogP contribution in [-0.4, -0.2) is 48.6 Å². The zero-order valence-electron chi connectivity index (χ0n) is 12.9. The van der Waals surface area contributed by atoms with Crippen LogP contribution in [0.2, 0.25) is 0 Å². The smallest absolute Gasteiger partial charge is 0.276 e. The number of benzene rings is 1. The summed E-state index contributed by atoms with van der Waals surface area (Å²) in [6.45, 7) is 0.135. The Morgan fingerprint density at radius 1 is 1.39 bits per heavy atom. The molecular formula is C16H15BrN2O3S. The van der Waals surface area contributed by atoms with E-state index in [2.05, 4.69) is 21.9 Å². The molecule has 0 saturated carbocycles. The van der Waals surface area contributed by atoms with E-state index in [-0.39, 0.29) is 12.5 Å². The third kappa shape index (κ3) is 3.33. The number of rotatable bonds is 4. The standard InChI is InChI=1S/C16H15BrN2O3S/c1-5-6-22-14-11(17)7-10(9-13(14)21-4)8-12-15(20)19(3)16(23)18(12)2/h1,7-9H,6H2,2-4H3. The summed E-state index contributed by atoms with van der Waals surface area (Å²) in [6.07, 6.45) is 6.96. The number of amides is 1. The van der Waals surface area contributed by atoms with Crippen LogP contribution in [0.15, 0.2) is 22.3 Å². The van der Waals surface area contributed by atoms with Gasteiger partial charge in [0.1, 0.15) is 12.3 Å². The first kappa shape index (κ1) is 17.3. The molecule has 1 saturated heterocycles. The number of halogens is 1. The van der Waals surface area contributed by atoms with Gasteiger partial charge in [0, 0.05) is 14.1 Å². The summed E-state index contributed by atoms with van der Waals surface area (Å²) in [5, 5.41) is 0.459. The molecule has 2 rings (SSSR count). The van der Waals surface area contributed by atoms with Gasteiger partial charge in [0.2, 0.25) is 0 Å². The molecule has 1 aliphatic heterocycles. The molecular weight excluding hydrogens is 380 g/mol. The van der Waals surface area contributed by atoms with Crippen molar-refractivity contribution in [2.24, 2.45) is 0 Å². The van der Waals surface area contributed by atoms with Gasteiger partial charge in [-0.1, -0.05) is 5.92 Å². The highest BCUT2D eigenvalue weighted by molar-refractivity contribution is 9.10. The first-order valence-corrected chi connectivity index (χ1v) is 7.82. The number of ether oxygens (including phenoxy) is 2. The van der Waals surface area contributed by atoms with Gasteiger partial charge >= 0.3 is 0 Å². The van der Waals surface area contributed by atoms with Crippen LogP contribution in [-0.2, 0) is 4.79 Å². The van der Waals surface area contributed by atoms with Crippen molar-refractivity contribution in [2.75, 3.05) is 27.8 Å². The SMILES string of the molecule is C#CCOc1c(Br)cc(C=C2C(=O)N(C)C(=S)N2C)cc1OC. The Morgan fingerprint density at radius 2 is 2.09 bits per heavy atom. The lowest BCUT2D eigenvalue weighted by atomic mass is 10.1. The van der Waals surface area contributed by atoms with Gasteiger partial charge in [-0.3, -0.25) is 9.69 Å². The van der Waals surface area contributed by atoms with E-state index in [1.165, 1.54) is 12.0 Å². The second-order valence-corrected chi connectivity index (χ2v) is 5.98. The van der Waals surface area contributed by atoms with Crippen LogP contribution in [0.25, 0.3) is 6.08 Å². The van der Waals surface area contributed by atoms with E-state index in [1.54, 1.807) is 31.1 Å². The minimum absolute atomic E-state index is 0.135. The summed E-state index contributed by atoms with van der Waals surface area (Å²) in [5.41, 5.74) is 1.26. The lowest BCUT2D eigenvalue weighted by Crippen LogP contribution is -2.26. The van der Waals surface area contributed by atoms with Crippen molar-refractivity contribution in [3.63, 3.8) is 0 Å². The molecule has 0 atom stereocenters. The number of terminal acetylenes is 1. The summed E-state index contributed by atoms with van der Waals surface area (Å²) >= 11 is 8.63. The first-order chi connectivity index (χ1) is 10.9. The molecule has 0 N–H and O–H groups in total. The Balaban J connectivity index is 2.44. The van der Waals surface area contributed by atoms with Gasteiger partial charge in [0.15, 0.2) is 16.6 Å². The molecule has 23 heavy (non-hydrogen) atoms. The summed E-state index contributed by atoms with van der Waals surface area (Å²) in [6, 6.07) is 3.59. The molecule has 5 nitrogen and oxygen atoms in total. The third-order valence-electron chi connectivity index (χ3n) is 3.31. The first-order valence-electron chi connectivity index (χ1n) is 6.62. The molecule has 0 aliphatic carbocycles. The average Bonchev–Trinajstić information content (AvgIpc) is 2.71. The monoisotopic (exact) mass is 394 g/mol. The average molecular weight is 395 g/mol. The van der Waals surface area contributed by atoms with Gasteiger partial charge in [-0.05, 0) is 51.9 Å². The van der Waals surface area contributed by atoms with Crippen molar-refractivity contribution in [1.29, 1.82) is 0 Å². The van der Waals surface area contributed by atoms with E-state index in [0.717, 1.165) is 5.56 Å². The summed E-state index contributed by atoms with van der Waals surface area (Å²) in [4.78, 5) is 15.3. The Kier molecular flexibility index (Phi) is 5.29. The highest BCUT2D eigenvalue weighted by Gasteiger charge is 2.32. The van der Waals surface area contributed by atoms with Gasteiger partial charge in [-0.2, -0.15) is 0 Å². The molecule has 1 fully saturated rings. The van der Waals surface area contributed by atoms with Gasteiger partial charge < -0.3 is 14.4 Å². The summed E-state index contributed by atoms with van der Waals surface area (Å²) < 4.78 is 11.5.